The van der Waals surface area contributed by atoms with Crippen LogP contribution >= 0.6 is 0 Å². The van der Waals surface area contributed by atoms with Gasteiger partial charge in [0.2, 0.25) is 17.7 Å². The van der Waals surface area contributed by atoms with Crippen molar-refractivity contribution in [2.24, 2.45) is 15.8 Å². The van der Waals surface area contributed by atoms with Gasteiger partial charge in [-0.3, -0.25) is 29.8 Å². The van der Waals surface area contributed by atoms with E-state index in [4.69, 9.17) is 0 Å². The second kappa shape index (κ2) is 14.6. The molecular weight excluding hydrogens is 475 g/mol. The van der Waals surface area contributed by atoms with Crippen LogP contribution in [0.3, 0.4) is 0 Å². The molecule has 0 spiro atoms. The number of hydrogen-bond donors (Lipinski definition) is 3. The van der Waals surface area contributed by atoms with Crippen molar-refractivity contribution in [1.29, 1.82) is 0 Å². The Balaban J connectivity index is 0.000000351. The maximum absolute atomic E-state index is 12.1. The molecule has 1 atom stereocenters. The van der Waals surface area contributed by atoms with Crippen molar-refractivity contribution in [3.63, 3.8) is 0 Å². The minimum Gasteiger partial charge on any atom is -0.846 e. The van der Waals surface area contributed by atoms with Crippen molar-refractivity contribution in [3.8, 4) is 0 Å². The van der Waals surface area contributed by atoms with Crippen LogP contribution in [-0.4, -0.2) is 35.7 Å². The first-order valence-electron chi connectivity index (χ1n) is 12.7. The average molecular weight is 513 g/mol. The number of nitrogens with zero attached hydrogens (tertiary/aromatic N) is 1. The fourth-order valence-corrected chi connectivity index (χ4v) is 4.90. The standard InChI is InChI=1S/C13H18N2O3.C12H20N2O3.Na/c1-2-13(9-7-5-3-4-6-8-9)10(16)14-12(18)15-11(13)17;1-3-5-6-7-8-12(4-2)9(15)13-11(17)14-10(12)16;/h7H,2-6,8H2,1H3,(H2,14,15,16,17,18);3-8H2,1-2H3,(H2,13,14,15,16,17);/q;;+1/p-1. The van der Waals surface area contributed by atoms with Gasteiger partial charge in [-0.1, -0.05) is 59.0 Å². The molecule has 1 unspecified atom stereocenters. The molecule has 10 nitrogen and oxygen atoms in total. The van der Waals surface area contributed by atoms with Crippen LogP contribution in [-0.2, 0) is 19.2 Å². The summed E-state index contributed by atoms with van der Waals surface area (Å²) in [5.41, 5.74) is -1.43. The molecule has 0 aromatic rings. The Kier molecular flexibility index (Phi) is 13.0. The number of urea groups is 1. The summed E-state index contributed by atoms with van der Waals surface area (Å²) >= 11 is 0. The van der Waals surface area contributed by atoms with Gasteiger partial charge in [0.1, 0.15) is 10.8 Å². The maximum atomic E-state index is 12.1. The number of imide groups is 2. The van der Waals surface area contributed by atoms with Crippen LogP contribution in [0.15, 0.2) is 16.6 Å². The van der Waals surface area contributed by atoms with Crippen LogP contribution in [0.5, 0.6) is 0 Å². The summed E-state index contributed by atoms with van der Waals surface area (Å²) < 4.78 is 0. The summed E-state index contributed by atoms with van der Waals surface area (Å²) in [6, 6.07) is -1.55. The Morgan fingerprint density at radius 1 is 0.861 bits per heavy atom. The molecule has 3 aliphatic rings. The van der Waals surface area contributed by atoms with Crippen LogP contribution in [0.4, 0.5) is 4.79 Å². The van der Waals surface area contributed by atoms with Gasteiger partial charge in [-0.25, -0.2) is 9.79 Å². The van der Waals surface area contributed by atoms with Crippen molar-refractivity contribution < 1.29 is 58.6 Å². The number of amides is 6. The predicted octanol–water partition coefficient (Wildman–Crippen LogP) is -0.631. The summed E-state index contributed by atoms with van der Waals surface area (Å²) in [5, 5.41) is 17.5. The van der Waals surface area contributed by atoms with Crippen molar-refractivity contribution in [1.82, 2.24) is 16.0 Å². The Hall–Kier alpha value is -2.04. The fraction of sp³-hybridized carbons (Fsp3) is 0.680. The van der Waals surface area contributed by atoms with Gasteiger partial charge in [0.05, 0.1) is 6.02 Å². The molecule has 0 aromatic heterocycles. The zero-order valence-electron chi connectivity index (χ0n) is 22.0. The molecule has 194 valence electrons. The Morgan fingerprint density at radius 3 is 2.08 bits per heavy atom. The molecule has 2 aliphatic heterocycles. The van der Waals surface area contributed by atoms with Crippen LogP contribution in [0.25, 0.3) is 0 Å². The summed E-state index contributed by atoms with van der Waals surface area (Å²) in [6.45, 7) is 5.69. The zero-order chi connectivity index (χ0) is 26.1. The summed E-state index contributed by atoms with van der Waals surface area (Å²) in [7, 11) is 0. The van der Waals surface area contributed by atoms with Crippen LogP contribution in [0.1, 0.15) is 97.8 Å². The second-order valence-electron chi connectivity index (χ2n) is 9.25. The van der Waals surface area contributed by atoms with E-state index in [2.05, 4.69) is 27.9 Å². The summed E-state index contributed by atoms with van der Waals surface area (Å²) in [4.78, 5) is 62.4. The smallest absolute Gasteiger partial charge is 0.846 e. The normalized spacial score (nSPS) is 23.5. The molecule has 6 amide bonds. The van der Waals surface area contributed by atoms with Crippen molar-refractivity contribution in [2.45, 2.75) is 97.8 Å². The SMILES string of the molecule is CCC1(C2=CCCCCC2)C(=O)NC(=O)NC1=O.CCCCCCC1(CC)C(=O)N=C([O-])NC1=O.[Na+]. The monoisotopic (exact) mass is 512 g/mol. The van der Waals surface area contributed by atoms with E-state index in [0.29, 0.717) is 19.3 Å². The fourth-order valence-electron chi connectivity index (χ4n) is 4.90. The van der Waals surface area contributed by atoms with Crippen molar-refractivity contribution in [2.75, 3.05) is 0 Å². The maximum Gasteiger partial charge on any atom is 1.00 e. The van der Waals surface area contributed by atoms with Gasteiger partial charge in [-0.05, 0) is 50.5 Å². The number of carbonyl (C=O) groups is 5. The number of rotatable bonds is 8. The number of nitrogens with one attached hydrogen (secondary N) is 3. The molecule has 0 saturated carbocycles. The van der Waals surface area contributed by atoms with Crippen molar-refractivity contribution >= 4 is 35.7 Å². The van der Waals surface area contributed by atoms with E-state index in [1.807, 2.05) is 6.08 Å². The Bertz CT molecular complexity index is 896. The third kappa shape index (κ3) is 7.04. The minimum atomic E-state index is -1.18. The number of aliphatic imine (C=N–C) groups is 1. The molecule has 0 bridgehead atoms. The largest absolute Gasteiger partial charge is 1.00 e. The zero-order valence-corrected chi connectivity index (χ0v) is 24.0. The molecule has 2 heterocycles. The van der Waals surface area contributed by atoms with E-state index in [0.717, 1.165) is 63.4 Å². The van der Waals surface area contributed by atoms with E-state index in [-0.39, 0.29) is 29.6 Å². The second-order valence-corrected chi connectivity index (χ2v) is 9.25. The number of unbranched alkanes of at least 4 members (excludes halogenated alkanes) is 3. The number of hydrogen-bond acceptors (Lipinski definition) is 6. The van der Waals surface area contributed by atoms with E-state index >= 15 is 0 Å². The number of barbiturate groups is 1. The number of carbonyl (C=O) groups excluding carboxylic acids is 5. The van der Waals surface area contributed by atoms with Gasteiger partial charge in [0.15, 0.2) is 0 Å². The first kappa shape index (κ1) is 32.0. The molecule has 0 radical (unpaired) electrons. The molecule has 36 heavy (non-hydrogen) atoms. The van der Waals surface area contributed by atoms with Gasteiger partial charge in [0.25, 0.3) is 5.91 Å². The van der Waals surface area contributed by atoms with Gasteiger partial charge in [-0.15, -0.1) is 0 Å². The van der Waals surface area contributed by atoms with Crippen LogP contribution in [0.2, 0.25) is 0 Å². The van der Waals surface area contributed by atoms with E-state index in [1.165, 1.54) is 0 Å². The van der Waals surface area contributed by atoms with E-state index < -0.39 is 46.5 Å². The van der Waals surface area contributed by atoms with E-state index in [1.54, 1.807) is 13.8 Å². The first-order valence-corrected chi connectivity index (χ1v) is 12.7. The predicted molar refractivity (Wildman–Crippen MR) is 128 cm³/mol. The summed E-state index contributed by atoms with van der Waals surface area (Å²) in [5.74, 6) is -2.02. The molecular formula is C25H37N4NaO6. The van der Waals surface area contributed by atoms with Gasteiger partial charge >= 0.3 is 35.6 Å². The van der Waals surface area contributed by atoms with Gasteiger partial charge in [0, 0.05) is 0 Å². The Labute approximate surface area is 234 Å². The Morgan fingerprint density at radius 2 is 1.53 bits per heavy atom. The van der Waals surface area contributed by atoms with Crippen LogP contribution < -0.4 is 50.6 Å². The van der Waals surface area contributed by atoms with Crippen molar-refractivity contribution in [3.05, 3.63) is 11.6 Å². The third-order valence-corrected chi connectivity index (χ3v) is 7.18. The summed E-state index contributed by atoms with van der Waals surface area (Å²) in [6.07, 6.45) is 12.1. The molecule has 3 N–H and O–H groups in total. The molecule has 3 rings (SSSR count). The topological polar surface area (TPSA) is 157 Å². The van der Waals surface area contributed by atoms with E-state index in [9.17, 15) is 29.1 Å². The first-order chi connectivity index (χ1) is 16.7. The molecule has 1 aliphatic carbocycles. The molecule has 1 saturated heterocycles. The van der Waals surface area contributed by atoms with Crippen LogP contribution in [0, 0.1) is 10.8 Å². The molecule has 11 heteroatoms. The molecule has 1 fully saturated rings. The molecule has 0 aromatic carbocycles. The van der Waals surface area contributed by atoms with Gasteiger partial charge < -0.3 is 10.4 Å². The number of allylic oxidation sites excluding steroid dienone is 1. The average Bonchev–Trinajstić information content (AvgIpc) is 3.09. The minimum absolute atomic E-state index is 0. The quantitative estimate of drug-likeness (QED) is 0.170. The number of amidine groups is 1. The van der Waals surface area contributed by atoms with Gasteiger partial charge in [-0.2, -0.15) is 0 Å². The third-order valence-electron chi connectivity index (χ3n) is 7.18.